The Bertz CT molecular complexity index is 493. The zero-order chi connectivity index (χ0) is 12.8. The van der Waals surface area contributed by atoms with Gasteiger partial charge in [-0.3, -0.25) is 0 Å². The minimum atomic E-state index is 0.721. The highest BCUT2D eigenvalue weighted by Gasteiger charge is 2.03. The molecule has 1 heterocycles. The van der Waals surface area contributed by atoms with Crippen molar-refractivity contribution in [2.24, 2.45) is 5.73 Å². The number of unbranched alkanes of at least 4 members (excludes halogenated alkanes) is 1. The lowest BCUT2D eigenvalue weighted by molar-refractivity contribution is 0.308. The van der Waals surface area contributed by atoms with E-state index in [0.29, 0.717) is 0 Å². The van der Waals surface area contributed by atoms with E-state index in [1.165, 1.54) is 0 Å². The Morgan fingerprint density at radius 3 is 3.00 bits per heavy atom. The van der Waals surface area contributed by atoms with E-state index in [1.54, 1.807) is 0 Å². The van der Waals surface area contributed by atoms with Gasteiger partial charge in [-0.15, -0.1) is 0 Å². The fraction of sp³-hybridized carbons (Fsp3) is 0.500. The average Bonchev–Trinajstić information content (AvgIpc) is 2.76. The van der Waals surface area contributed by atoms with Crippen LogP contribution in [-0.2, 0) is 6.42 Å². The van der Waals surface area contributed by atoms with Crippen LogP contribution in [0.15, 0.2) is 18.2 Å². The van der Waals surface area contributed by atoms with E-state index in [9.17, 15) is 0 Å². The third-order valence-corrected chi connectivity index (χ3v) is 2.86. The Balaban J connectivity index is 2.02. The van der Waals surface area contributed by atoms with E-state index in [0.717, 1.165) is 61.4 Å². The van der Waals surface area contributed by atoms with Gasteiger partial charge < -0.3 is 15.5 Å². The maximum Gasteiger partial charge on any atom is 0.121 e. The fourth-order valence-electron chi connectivity index (χ4n) is 1.92. The number of nitrogens with two attached hydrogens (primary N) is 1. The third kappa shape index (κ3) is 3.23. The highest BCUT2D eigenvalue weighted by molar-refractivity contribution is 5.76. The van der Waals surface area contributed by atoms with Gasteiger partial charge >= 0.3 is 0 Å². The van der Waals surface area contributed by atoms with Crippen molar-refractivity contribution in [3.63, 3.8) is 0 Å². The maximum atomic E-state index is 5.68. The predicted molar refractivity (Wildman–Crippen MR) is 73.9 cm³/mol. The molecule has 2 rings (SSSR count). The number of aryl methyl sites for hydroxylation is 1. The summed E-state index contributed by atoms with van der Waals surface area (Å²) in [5.41, 5.74) is 7.50. The molecule has 0 radical (unpaired) electrons. The first kappa shape index (κ1) is 12.9. The summed E-state index contributed by atoms with van der Waals surface area (Å²) in [5, 5.41) is 0. The van der Waals surface area contributed by atoms with Crippen LogP contribution in [0.3, 0.4) is 0 Å². The van der Waals surface area contributed by atoms with Crippen LogP contribution in [0.2, 0.25) is 0 Å². The van der Waals surface area contributed by atoms with E-state index in [4.69, 9.17) is 10.5 Å². The highest BCUT2D eigenvalue weighted by atomic mass is 16.5. The van der Waals surface area contributed by atoms with Gasteiger partial charge in [-0.1, -0.05) is 6.92 Å². The largest absolute Gasteiger partial charge is 0.494 e. The molecule has 0 atom stereocenters. The molecule has 0 bridgehead atoms. The van der Waals surface area contributed by atoms with Crippen molar-refractivity contribution < 1.29 is 4.74 Å². The molecule has 1 aromatic heterocycles. The molecule has 18 heavy (non-hydrogen) atoms. The van der Waals surface area contributed by atoms with E-state index >= 15 is 0 Å². The van der Waals surface area contributed by atoms with Crippen LogP contribution in [-0.4, -0.2) is 23.1 Å². The van der Waals surface area contributed by atoms with Crippen molar-refractivity contribution in [1.82, 2.24) is 9.97 Å². The van der Waals surface area contributed by atoms with Crippen molar-refractivity contribution >= 4 is 11.0 Å². The molecule has 98 valence electrons. The summed E-state index contributed by atoms with van der Waals surface area (Å²) in [6.07, 6.45) is 4.09. The number of H-pyrrole nitrogens is 1. The van der Waals surface area contributed by atoms with Crippen molar-refractivity contribution in [3.8, 4) is 5.75 Å². The molecule has 0 aliphatic rings. The Labute approximate surface area is 108 Å². The van der Waals surface area contributed by atoms with Gasteiger partial charge in [0, 0.05) is 12.5 Å². The minimum absolute atomic E-state index is 0.721. The van der Waals surface area contributed by atoms with Crippen LogP contribution in [0.5, 0.6) is 5.75 Å². The number of fused-ring (bicyclic) bond motifs is 1. The Kier molecular flexibility index (Phi) is 4.59. The quantitative estimate of drug-likeness (QED) is 0.739. The summed E-state index contributed by atoms with van der Waals surface area (Å²) in [4.78, 5) is 7.85. The fourth-order valence-corrected chi connectivity index (χ4v) is 1.92. The van der Waals surface area contributed by atoms with E-state index < -0.39 is 0 Å². The molecule has 0 saturated heterocycles. The van der Waals surface area contributed by atoms with Gasteiger partial charge in [0.25, 0.3) is 0 Å². The second kappa shape index (κ2) is 6.40. The molecule has 2 aromatic rings. The zero-order valence-electron chi connectivity index (χ0n) is 10.9. The number of aromatic nitrogens is 2. The summed E-state index contributed by atoms with van der Waals surface area (Å²) in [6.45, 7) is 3.60. The minimum Gasteiger partial charge on any atom is -0.494 e. The first-order valence-corrected chi connectivity index (χ1v) is 6.65. The van der Waals surface area contributed by atoms with Gasteiger partial charge in [0.05, 0.1) is 17.6 Å². The van der Waals surface area contributed by atoms with Crippen LogP contribution < -0.4 is 10.5 Å². The van der Waals surface area contributed by atoms with E-state index in [1.807, 2.05) is 18.2 Å². The standard InChI is InChI=1S/C14H21N3O/c1-2-5-14-16-12-7-6-11(10-13(12)17-14)18-9-4-3-8-15/h6-7,10H,2-5,8-9,15H2,1H3,(H,16,17). The summed E-state index contributed by atoms with van der Waals surface area (Å²) in [6, 6.07) is 5.99. The molecule has 0 saturated carbocycles. The number of hydrogen-bond donors (Lipinski definition) is 2. The molecule has 1 aromatic carbocycles. The summed E-state index contributed by atoms with van der Waals surface area (Å²) < 4.78 is 5.68. The topological polar surface area (TPSA) is 63.9 Å². The second-order valence-electron chi connectivity index (χ2n) is 4.46. The van der Waals surface area contributed by atoms with Crippen LogP contribution in [0.25, 0.3) is 11.0 Å². The molecular weight excluding hydrogens is 226 g/mol. The Morgan fingerprint density at radius 2 is 2.22 bits per heavy atom. The molecule has 0 unspecified atom stereocenters. The number of nitrogens with zero attached hydrogens (tertiary/aromatic N) is 1. The van der Waals surface area contributed by atoms with E-state index in [2.05, 4.69) is 16.9 Å². The van der Waals surface area contributed by atoms with Gasteiger partial charge in [-0.05, 0) is 37.9 Å². The molecule has 0 spiro atoms. The molecular formula is C14H21N3O. The molecule has 0 aliphatic carbocycles. The van der Waals surface area contributed by atoms with Crippen LogP contribution >= 0.6 is 0 Å². The predicted octanol–water partition coefficient (Wildman–Crippen LogP) is 2.63. The molecule has 0 aliphatic heterocycles. The van der Waals surface area contributed by atoms with Gasteiger partial charge in [-0.2, -0.15) is 0 Å². The van der Waals surface area contributed by atoms with E-state index in [-0.39, 0.29) is 0 Å². The van der Waals surface area contributed by atoms with Gasteiger partial charge in [0.1, 0.15) is 11.6 Å². The number of aromatic amines is 1. The number of nitrogens with one attached hydrogen (secondary N) is 1. The summed E-state index contributed by atoms with van der Waals surface area (Å²) in [7, 11) is 0. The second-order valence-corrected chi connectivity index (χ2v) is 4.46. The highest BCUT2D eigenvalue weighted by Crippen LogP contribution is 2.19. The monoisotopic (exact) mass is 247 g/mol. The van der Waals surface area contributed by atoms with Crippen molar-refractivity contribution in [3.05, 3.63) is 24.0 Å². The SMILES string of the molecule is CCCc1nc2ccc(OCCCCN)cc2[nH]1. The summed E-state index contributed by atoms with van der Waals surface area (Å²) in [5.74, 6) is 1.94. The number of hydrogen-bond acceptors (Lipinski definition) is 3. The van der Waals surface area contributed by atoms with Crippen molar-refractivity contribution in [2.75, 3.05) is 13.2 Å². The smallest absolute Gasteiger partial charge is 0.121 e. The lowest BCUT2D eigenvalue weighted by atomic mass is 10.3. The lowest BCUT2D eigenvalue weighted by Crippen LogP contribution is -2.03. The van der Waals surface area contributed by atoms with Gasteiger partial charge in [-0.25, -0.2) is 4.98 Å². The number of imidazole rings is 1. The first-order valence-electron chi connectivity index (χ1n) is 6.65. The van der Waals surface area contributed by atoms with Crippen LogP contribution in [0.1, 0.15) is 32.0 Å². The maximum absolute atomic E-state index is 5.68. The number of rotatable bonds is 7. The average molecular weight is 247 g/mol. The Morgan fingerprint density at radius 1 is 1.33 bits per heavy atom. The molecule has 0 fully saturated rings. The van der Waals surface area contributed by atoms with Crippen molar-refractivity contribution in [1.29, 1.82) is 0 Å². The normalized spacial score (nSPS) is 11.0. The van der Waals surface area contributed by atoms with Crippen LogP contribution in [0.4, 0.5) is 0 Å². The van der Waals surface area contributed by atoms with Gasteiger partial charge in [0.15, 0.2) is 0 Å². The molecule has 4 heteroatoms. The molecule has 3 N–H and O–H groups in total. The molecule has 4 nitrogen and oxygen atoms in total. The first-order chi connectivity index (χ1) is 8.83. The summed E-state index contributed by atoms with van der Waals surface area (Å²) >= 11 is 0. The third-order valence-electron chi connectivity index (χ3n) is 2.86. The van der Waals surface area contributed by atoms with Crippen LogP contribution in [0, 0.1) is 0 Å². The number of ether oxygens (including phenoxy) is 1. The molecule has 0 amide bonds. The Hall–Kier alpha value is -1.55. The zero-order valence-corrected chi connectivity index (χ0v) is 10.9. The van der Waals surface area contributed by atoms with Gasteiger partial charge in [0.2, 0.25) is 0 Å². The van der Waals surface area contributed by atoms with Crippen molar-refractivity contribution in [2.45, 2.75) is 32.6 Å². The number of benzene rings is 1. The lowest BCUT2D eigenvalue weighted by Gasteiger charge is -2.04.